The molecule has 3 heteroatoms. The average molecular weight is 586 g/mol. The van der Waals surface area contributed by atoms with Gasteiger partial charge in [-0.3, -0.25) is 4.57 Å². The minimum absolute atomic E-state index is 0.953. The fourth-order valence-corrected chi connectivity index (χ4v) is 7.52. The van der Waals surface area contributed by atoms with E-state index in [1.165, 1.54) is 49.1 Å². The van der Waals surface area contributed by atoms with Crippen molar-refractivity contribution < 1.29 is 0 Å². The van der Waals surface area contributed by atoms with Gasteiger partial charge in [-0.1, -0.05) is 133 Å². The number of rotatable bonds is 3. The summed E-state index contributed by atoms with van der Waals surface area (Å²) in [6.07, 6.45) is 0. The number of fused-ring (bicyclic) bond motifs is 5. The summed E-state index contributed by atoms with van der Waals surface area (Å²) < 4.78 is 2.36. The van der Waals surface area contributed by atoms with Crippen LogP contribution >= 0.6 is 0 Å². The van der Waals surface area contributed by atoms with Gasteiger partial charge in [0.25, 0.3) is 0 Å². The molecule has 0 bridgehead atoms. The van der Waals surface area contributed by atoms with E-state index >= 15 is 0 Å². The van der Waals surface area contributed by atoms with Crippen molar-refractivity contribution in [2.45, 2.75) is 0 Å². The van der Waals surface area contributed by atoms with Crippen molar-refractivity contribution in [2.24, 2.45) is 0 Å². The first-order chi connectivity index (χ1) is 22.8. The molecule has 0 N–H and O–H groups in total. The molecule has 46 heavy (non-hydrogen) atoms. The second-order valence-electron chi connectivity index (χ2n) is 12.0. The molecule has 0 fully saturated rings. The standard InChI is InChI=1S/C43H27N3/c1-2-14-29(15-3-1)40-32-17-6-8-19-34(32)41(35-20-9-7-18-33(35)40)45-37-22-10-11-23-38(37)46-42-36(21-12-24-39(42)45)44-43(46)31-26-25-28-13-4-5-16-30(28)27-31/h1-27H. The van der Waals surface area contributed by atoms with Gasteiger partial charge in [-0.2, -0.15) is 0 Å². The smallest absolute Gasteiger partial charge is 0.145 e. The Balaban J connectivity index is 1.32. The molecule has 1 aliphatic heterocycles. The summed E-state index contributed by atoms with van der Waals surface area (Å²) in [6, 6.07) is 59.0. The predicted molar refractivity (Wildman–Crippen MR) is 193 cm³/mol. The van der Waals surface area contributed by atoms with Crippen LogP contribution in [0.2, 0.25) is 0 Å². The van der Waals surface area contributed by atoms with E-state index in [1.54, 1.807) is 0 Å². The maximum atomic E-state index is 5.30. The Morgan fingerprint density at radius 3 is 1.78 bits per heavy atom. The number of hydrogen-bond donors (Lipinski definition) is 0. The molecule has 1 aliphatic rings. The minimum atomic E-state index is 0.953. The van der Waals surface area contributed by atoms with Crippen LogP contribution < -0.4 is 4.90 Å². The van der Waals surface area contributed by atoms with Gasteiger partial charge in [0, 0.05) is 16.3 Å². The van der Waals surface area contributed by atoms with Crippen molar-refractivity contribution in [3.63, 3.8) is 0 Å². The number of anilines is 3. The number of imidazole rings is 1. The van der Waals surface area contributed by atoms with E-state index in [2.05, 4.69) is 173 Å². The monoisotopic (exact) mass is 585 g/mol. The topological polar surface area (TPSA) is 21.1 Å². The van der Waals surface area contributed by atoms with Crippen molar-refractivity contribution in [3.8, 4) is 28.2 Å². The molecule has 0 spiro atoms. The highest BCUT2D eigenvalue weighted by molar-refractivity contribution is 6.23. The van der Waals surface area contributed by atoms with E-state index in [-0.39, 0.29) is 0 Å². The van der Waals surface area contributed by atoms with Crippen LogP contribution in [0, 0.1) is 0 Å². The molecule has 0 amide bonds. The maximum absolute atomic E-state index is 5.30. The van der Waals surface area contributed by atoms with Gasteiger partial charge in [-0.25, -0.2) is 4.98 Å². The molecule has 2 heterocycles. The maximum Gasteiger partial charge on any atom is 0.145 e. The Morgan fingerprint density at radius 1 is 0.413 bits per heavy atom. The Labute approximate surface area is 266 Å². The van der Waals surface area contributed by atoms with Crippen LogP contribution in [0.1, 0.15) is 0 Å². The number of benzene rings is 8. The van der Waals surface area contributed by atoms with Crippen LogP contribution in [0.5, 0.6) is 0 Å². The number of nitrogens with zero attached hydrogens (tertiary/aromatic N) is 3. The Morgan fingerprint density at radius 2 is 1.02 bits per heavy atom. The molecule has 9 aromatic rings. The molecule has 0 radical (unpaired) electrons. The quantitative estimate of drug-likeness (QED) is 0.192. The van der Waals surface area contributed by atoms with E-state index in [4.69, 9.17) is 4.98 Å². The summed E-state index contributed by atoms with van der Waals surface area (Å²) in [7, 11) is 0. The molecule has 0 unspecified atom stereocenters. The van der Waals surface area contributed by atoms with Gasteiger partial charge in [-0.15, -0.1) is 0 Å². The van der Waals surface area contributed by atoms with Crippen LogP contribution in [-0.2, 0) is 0 Å². The number of aromatic nitrogens is 2. The van der Waals surface area contributed by atoms with Crippen LogP contribution in [0.3, 0.4) is 0 Å². The molecule has 0 saturated carbocycles. The van der Waals surface area contributed by atoms with Crippen LogP contribution in [0.25, 0.3) is 71.6 Å². The Bertz CT molecular complexity index is 2590. The lowest BCUT2D eigenvalue weighted by atomic mass is 9.89. The van der Waals surface area contributed by atoms with Gasteiger partial charge >= 0.3 is 0 Å². The van der Waals surface area contributed by atoms with Gasteiger partial charge < -0.3 is 4.90 Å². The van der Waals surface area contributed by atoms with Crippen LogP contribution in [0.15, 0.2) is 164 Å². The molecular weight excluding hydrogens is 558 g/mol. The van der Waals surface area contributed by atoms with Crippen molar-refractivity contribution in [1.82, 2.24) is 9.55 Å². The lowest BCUT2D eigenvalue weighted by Crippen LogP contribution is -2.19. The zero-order valence-corrected chi connectivity index (χ0v) is 24.9. The predicted octanol–water partition coefficient (Wildman–Crippen LogP) is 11.6. The molecule has 3 nitrogen and oxygen atoms in total. The summed E-state index contributed by atoms with van der Waals surface area (Å²) in [6.45, 7) is 0. The molecule has 214 valence electrons. The van der Waals surface area contributed by atoms with E-state index in [9.17, 15) is 0 Å². The van der Waals surface area contributed by atoms with Crippen LogP contribution in [-0.4, -0.2) is 9.55 Å². The van der Waals surface area contributed by atoms with Crippen LogP contribution in [0.4, 0.5) is 17.1 Å². The zero-order chi connectivity index (χ0) is 30.2. The third-order valence-electron chi connectivity index (χ3n) is 9.46. The lowest BCUT2D eigenvalue weighted by Gasteiger charge is -2.35. The number of para-hydroxylation sites is 3. The molecule has 8 aromatic carbocycles. The van der Waals surface area contributed by atoms with E-state index in [0.717, 1.165) is 39.5 Å². The third kappa shape index (κ3) is 3.51. The Hall–Kier alpha value is -6.19. The summed E-state index contributed by atoms with van der Waals surface area (Å²) in [5.74, 6) is 0.953. The highest BCUT2D eigenvalue weighted by atomic mass is 15.2. The van der Waals surface area contributed by atoms with E-state index in [0.29, 0.717) is 0 Å². The van der Waals surface area contributed by atoms with Crippen molar-refractivity contribution in [3.05, 3.63) is 164 Å². The largest absolute Gasteiger partial charge is 0.305 e. The summed E-state index contributed by atoms with van der Waals surface area (Å²) in [5, 5.41) is 7.35. The van der Waals surface area contributed by atoms with Crippen molar-refractivity contribution in [2.75, 3.05) is 4.90 Å². The highest BCUT2D eigenvalue weighted by Gasteiger charge is 2.31. The summed E-state index contributed by atoms with van der Waals surface area (Å²) in [5.41, 5.74) is 10.2. The van der Waals surface area contributed by atoms with E-state index < -0.39 is 0 Å². The summed E-state index contributed by atoms with van der Waals surface area (Å²) in [4.78, 5) is 7.78. The van der Waals surface area contributed by atoms with Crippen molar-refractivity contribution >= 4 is 60.4 Å². The van der Waals surface area contributed by atoms with Gasteiger partial charge in [-0.05, 0) is 63.0 Å². The fraction of sp³-hybridized carbons (Fsp3) is 0. The molecule has 0 saturated heterocycles. The molecular formula is C43H27N3. The average Bonchev–Trinajstić information content (AvgIpc) is 3.52. The molecule has 1 aromatic heterocycles. The normalized spacial score (nSPS) is 12.3. The second kappa shape index (κ2) is 9.65. The molecule has 0 aliphatic carbocycles. The van der Waals surface area contributed by atoms with Gasteiger partial charge in [0.2, 0.25) is 0 Å². The zero-order valence-electron chi connectivity index (χ0n) is 24.9. The fourth-order valence-electron chi connectivity index (χ4n) is 7.52. The number of hydrogen-bond acceptors (Lipinski definition) is 2. The first-order valence-corrected chi connectivity index (χ1v) is 15.7. The second-order valence-corrected chi connectivity index (χ2v) is 12.0. The van der Waals surface area contributed by atoms with Gasteiger partial charge in [0.15, 0.2) is 0 Å². The van der Waals surface area contributed by atoms with Gasteiger partial charge in [0.1, 0.15) is 5.82 Å². The Kier molecular flexibility index (Phi) is 5.28. The van der Waals surface area contributed by atoms with Crippen molar-refractivity contribution in [1.29, 1.82) is 0 Å². The van der Waals surface area contributed by atoms with E-state index in [1.807, 2.05) is 0 Å². The molecule has 0 atom stereocenters. The van der Waals surface area contributed by atoms with Gasteiger partial charge in [0.05, 0.1) is 33.8 Å². The lowest BCUT2D eigenvalue weighted by molar-refractivity contribution is 1.07. The highest BCUT2D eigenvalue weighted by Crippen LogP contribution is 2.53. The SMILES string of the molecule is c1ccc(-c2c3ccccc3c(N3c4ccccc4-n4c(-c5ccc6ccccc6c5)nc5cccc3c54)c3ccccc23)cc1. The first-order valence-electron chi connectivity index (χ1n) is 15.7. The summed E-state index contributed by atoms with van der Waals surface area (Å²) >= 11 is 0. The first kappa shape index (κ1) is 25.2. The molecule has 10 rings (SSSR count). The minimum Gasteiger partial charge on any atom is -0.305 e. The third-order valence-corrected chi connectivity index (χ3v) is 9.46.